The Bertz CT molecular complexity index is 1030. The number of rotatable bonds is 8. The average molecular weight is 449 g/mol. The van der Waals surface area contributed by atoms with E-state index < -0.39 is 17.7 Å². The highest BCUT2D eigenvalue weighted by Gasteiger charge is 2.46. The summed E-state index contributed by atoms with van der Waals surface area (Å²) in [6.45, 7) is 7.90. The highest BCUT2D eigenvalue weighted by atomic mass is 16.5. The van der Waals surface area contributed by atoms with E-state index in [1.165, 1.54) is 0 Å². The van der Waals surface area contributed by atoms with Gasteiger partial charge < -0.3 is 19.5 Å². The number of amides is 1. The number of ether oxygens (including phenoxy) is 2. The summed E-state index contributed by atoms with van der Waals surface area (Å²) in [5, 5.41) is 11.1. The van der Waals surface area contributed by atoms with E-state index in [-0.39, 0.29) is 11.3 Å². The van der Waals surface area contributed by atoms with Crippen molar-refractivity contribution in [2.24, 2.45) is 0 Å². The van der Waals surface area contributed by atoms with E-state index in [2.05, 4.69) is 11.5 Å². The SMILES string of the molecule is C=CCOc1ccc([C@H]2C(=C(O)c3ccccc3)C(=O)C(=O)N2CCN2CCOCC2)cc1. The largest absolute Gasteiger partial charge is 0.507 e. The third-order valence-corrected chi connectivity index (χ3v) is 5.91. The summed E-state index contributed by atoms with van der Waals surface area (Å²) in [4.78, 5) is 29.9. The summed E-state index contributed by atoms with van der Waals surface area (Å²) in [5.74, 6) is -0.778. The van der Waals surface area contributed by atoms with Crippen LogP contribution in [0.4, 0.5) is 0 Å². The Morgan fingerprint density at radius 1 is 1.06 bits per heavy atom. The first-order valence-corrected chi connectivity index (χ1v) is 11.1. The van der Waals surface area contributed by atoms with Gasteiger partial charge in [-0.1, -0.05) is 55.1 Å². The molecule has 1 amide bonds. The van der Waals surface area contributed by atoms with E-state index in [9.17, 15) is 14.7 Å². The molecular weight excluding hydrogens is 420 g/mol. The maximum absolute atomic E-state index is 13.1. The molecule has 2 saturated heterocycles. The first-order chi connectivity index (χ1) is 16.1. The average Bonchev–Trinajstić information content (AvgIpc) is 3.12. The van der Waals surface area contributed by atoms with Gasteiger partial charge in [-0.15, -0.1) is 0 Å². The van der Waals surface area contributed by atoms with E-state index in [1.807, 2.05) is 18.2 Å². The number of benzene rings is 2. The Labute approximate surface area is 193 Å². The molecule has 2 heterocycles. The standard InChI is InChI=1S/C26H28N2O5/c1-2-16-33-21-10-8-19(9-11-21)23-22(24(29)20-6-4-3-5-7-20)25(30)26(31)28(23)13-12-27-14-17-32-18-15-27/h2-11,23,29H,1,12-18H2/t23-/m0/s1. The number of aliphatic hydroxyl groups excluding tert-OH is 1. The highest BCUT2D eigenvalue weighted by Crippen LogP contribution is 2.39. The van der Waals surface area contributed by atoms with Crippen LogP contribution in [-0.4, -0.2) is 72.6 Å². The van der Waals surface area contributed by atoms with Crippen LogP contribution in [0.1, 0.15) is 17.2 Å². The van der Waals surface area contributed by atoms with Crippen LogP contribution in [0.2, 0.25) is 0 Å². The molecule has 172 valence electrons. The van der Waals surface area contributed by atoms with Crippen LogP contribution in [0.3, 0.4) is 0 Å². The third-order valence-electron chi connectivity index (χ3n) is 5.91. The summed E-state index contributed by atoms with van der Waals surface area (Å²) in [6.07, 6.45) is 1.66. The molecule has 1 N–H and O–H groups in total. The van der Waals surface area contributed by atoms with Crippen LogP contribution in [0.25, 0.3) is 5.76 Å². The quantitative estimate of drug-likeness (QED) is 0.290. The normalized spacial score (nSPS) is 20.7. The maximum Gasteiger partial charge on any atom is 0.295 e. The number of carbonyl (C=O) groups excluding carboxylic acids is 2. The smallest absolute Gasteiger partial charge is 0.295 e. The fourth-order valence-electron chi connectivity index (χ4n) is 4.18. The molecule has 1 atom stereocenters. The second-order valence-corrected chi connectivity index (χ2v) is 7.98. The van der Waals surface area contributed by atoms with E-state index in [4.69, 9.17) is 9.47 Å². The van der Waals surface area contributed by atoms with Crippen molar-refractivity contribution in [3.63, 3.8) is 0 Å². The molecule has 2 aromatic carbocycles. The fourth-order valence-corrected chi connectivity index (χ4v) is 4.18. The number of Topliss-reactive ketones (excluding diaryl/α,β-unsaturated/α-hetero) is 1. The summed E-state index contributed by atoms with van der Waals surface area (Å²) < 4.78 is 11.0. The lowest BCUT2D eigenvalue weighted by Gasteiger charge is -2.31. The molecule has 4 rings (SSSR count). The van der Waals surface area contributed by atoms with Gasteiger partial charge in [0.15, 0.2) is 0 Å². The minimum Gasteiger partial charge on any atom is -0.507 e. The summed E-state index contributed by atoms with van der Waals surface area (Å²) in [6, 6.07) is 15.4. The molecule has 7 heteroatoms. The summed E-state index contributed by atoms with van der Waals surface area (Å²) in [7, 11) is 0. The minimum absolute atomic E-state index is 0.105. The predicted molar refractivity (Wildman–Crippen MR) is 125 cm³/mol. The second-order valence-electron chi connectivity index (χ2n) is 7.98. The van der Waals surface area contributed by atoms with Gasteiger partial charge in [0.05, 0.1) is 24.8 Å². The van der Waals surface area contributed by atoms with Gasteiger partial charge >= 0.3 is 0 Å². The van der Waals surface area contributed by atoms with Crippen LogP contribution in [0.15, 0.2) is 72.8 Å². The molecule has 0 aliphatic carbocycles. The molecule has 0 aromatic heterocycles. The molecule has 2 aliphatic heterocycles. The Kier molecular flexibility index (Phi) is 7.22. The predicted octanol–water partition coefficient (Wildman–Crippen LogP) is 3.01. The van der Waals surface area contributed by atoms with Crippen LogP contribution >= 0.6 is 0 Å². The monoisotopic (exact) mass is 448 g/mol. The van der Waals surface area contributed by atoms with Gasteiger partial charge in [0.1, 0.15) is 18.1 Å². The van der Waals surface area contributed by atoms with Gasteiger partial charge in [0.2, 0.25) is 0 Å². The summed E-state index contributed by atoms with van der Waals surface area (Å²) in [5.41, 5.74) is 1.34. The molecule has 0 bridgehead atoms. The number of morpholine rings is 1. The number of carbonyl (C=O) groups is 2. The Morgan fingerprint density at radius 3 is 2.42 bits per heavy atom. The maximum atomic E-state index is 13.1. The van der Waals surface area contributed by atoms with Crippen molar-refractivity contribution in [3.05, 3.63) is 84.0 Å². The molecule has 0 unspecified atom stereocenters. The van der Waals surface area contributed by atoms with Gasteiger partial charge in [-0.05, 0) is 17.7 Å². The number of hydrogen-bond acceptors (Lipinski definition) is 6. The van der Waals surface area contributed by atoms with Crippen LogP contribution < -0.4 is 4.74 Å². The van der Waals surface area contributed by atoms with Crippen molar-refractivity contribution in [2.75, 3.05) is 46.0 Å². The second kappa shape index (κ2) is 10.5. The Balaban J connectivity index is 1.69. The molecule has 7 nitrogen and oxygen atoms in total. The van der Waals surface area contributed by atoms with Crippen molar-refractivity contribution in [1.82, 2.24) is 9.80 Å². The molecular formula is C26H28N2O5. The third kappa shape index (κ3) is 4.99. The first kappa shape index (κ1) is 22.8. The zero-order chi connectivity index (χ0) is 23.2. The van der Waals surface area contributed by atoms with Crippen molar-refractivity contribution in [3.8, 4) is 5.75 Å². The van der Waals surface area contributed by atoms with E-state index >= 15 is 0 Å². The van der Waals surface area contributed by atoms with Gasteiger partial charge in [-0.3, -0.25) is 14.5 Å². The van der Waals surface area contributed by atoms with Gasteiger partial charge in [-0.25, -0.2) is 0 Å². The fraction of sp³-hybridized carbons (Fsp3) is 0.308. The number of nitrogens with zero attached hydrogens (tertiary/aromatic N) is 2. The Hall–Kier alpha value is -3.42. The Morgan fingerprint density at radius 2 is 1.76 bits per heavy atom. The molecule has 2 aliphatic rings. The zero-order valence-corrected chi connectivity index (χ0v) is 18.5. The number of likely N-dealkylation sites (tertiary alicyclic amines) is 1. The van der Waals surface area contributed by atoms with Gasteiger partial charge in [0.25, 0.3) is 11.7 Å². The summed E-state index contributed by atoms with van der Waals surface area (Å²) >= 11 is 0. The van der Waals surface area contributed by atoms with E-state index in [0.29, 0.717) is 44.2 Å². The lowest BCUT2D eigenvalue weighted by Crippen LogP contribution is -2.42. The van der Waals surface area contributed by atoms with Crippen molar-refractivity contribution in [1.29, 1.82) is 0 Å². The number of aliphatic hydroxyl groups is 1. The molecule has 0 saturated carbocycles. The highest BCUT2D eigenvalue weighted by molar-refractivity contribution is 6.46. The molecule has 0 spiro atoms. The van der Waals surface area contributed by atoms with E-state index in [0.717, 1.165) is 18.7 Å². The van der Waals surface area contributed by atoms with Gasteiger partial charge in [-0.2, -0.15) is 0 Å². The number of ketones is 1. The van der Waals surface area contributed by atoms with Crippen molar-refractivity contribution < 1.29 is 24.2 Å². The van der Waals surface area contributed by atoms with Crippen LogP contribution in [0, 0.1) is 0 Å². The molecule has 33 heavy (non-hydrogen) atoms. The molecule has 0 radical (unpaired) electrons. The molecule has 2 fully saturated rings. The van der Waals surface area contributed by atoms with E-state index in [1.54, 1.807) is 47.4 Å². The molecule has 2 aromatic rings. The van der Waals surface area contributed by atoms with Crippen LogP contribution in [0.5, 0.6) is 5.75 Å². The van der Waals surface area contributed by atoms with Crippen molar-refractivity contribution >= 4 is 17.4 Å². The lowest BCUT2D eigenvalue weighted by atomic mass is 9.95. The van der Waals surface area contributed by atoms with Crippen LogP contribution in [-0.2, 0) is 14.3 Å². The lowest BCUT2D eigenvalue weighted by molar-refractivity contribution is -0.140. The first-order valence-electron chi connectivity index (χ1n) is 11.1. The minimum atomic E-state index is -0.681. The topological polar surface area (TPSA) is 79.3 Å². The van der Waals surface area contributed by atoms with Gasteiger partial charge in [0, 0.05) is 31.7 Å². The number of hydrogen-bond donors (Lipinski definition) is 1. The van der Waals surface area contributed by atoms with Crippen molar-refractivity contribution in [2.45, 2.75) is 6.04 Å². The zero-order valence-electron chi connectivity index (χ0n) is 18.5.